The van der Waals surface area contributed by atoms with Crippen LogP contribution in [0.2, 0.25) is 0 Å². The van der Waals surface area contributed by atoms with E-state index in [9.17, 15) is 4.79 Å². The predicted octanol–water partition coefficient (Wildman–Crippen LogP) is 4.05. The van der Waals surface area contributed by atoms with Crippen LogP contribution < -0.4 is 10.6 Å². The smallest absolute Gasteiger partial charge is 0.258 e. The zero-order chi connectivity index (χ0) is 21.4. The Kier molecular flexibility index (Phi) is 8.42. The molecule has 0 spiro atoms. The van der Waals surface area contributed by atoms with Crippen molar-refractivity contribution in [1.29, 1.82) is 0 Å². The Morgan fingerprint density at radius 3 is 2.52 bits per heavy atom. The number of oxime groups is 1. The number of benzene rings is 2. The van der Waals surface area contributed by atoms with E-state index in [0.29, 0.717) is 23.6 Å². The van der Waals surface area contributed by atoms with Crippen LogP contribution in [0.5, 0.6) is 0 Å². The summed E-state index contributed by atoms with van der Waals surface area (Å²) in [6.07, 6.45) is 0. The summed E-state index contributed by atoms with van der Waals surface area (Å²) in [4.78, 5) is 23.3. The van der Waals surface area contributed by atoms with E-state index in [1.165, 1.54) is 0 Å². The Labute approximate surface area is 214 Å². The number of piperazine rings is 1. The number of hydrogen-bond donors (Lipinski definition) is 2. The Hall–Kier alpha value is -2.10. The first-order valence-corrected chi connectivity index (χ1v) is 11.2. The summed E-state index contributed by atoms with van der Waals surface area (Å²) in [5.41, 5.74) is 5.41. The zero-order valence-corrected chi connectivity index (χ0v) is 21.4. The SMILES string of the molecule is CN1CCN(CCO/N=C2/C(=C3/C(=O)Nc4ccc(Br)cc43)Nc3ccccc32)CC1.Cl.Cl. The van der Waals surface area contributed by atoms with Gasteiger partial charge >= 0.3 is 0 Å². The molecule has 1 fully saturated rings. The van der Waals surface area contributed by atoms with Gasteiger partial charge < -0.3 is 20.4 Å². The Bertz CT molecular complexity index is 1100. The van der Waals surface area contributed by atoms with Crippen molar-refractivity contribution in [3.05, 3.63) is 63.8 Å². The number of nitrogens with one attached hydrogen (secondary N) is 2. The lowest BCUT2D eigenvalue weighted by Gasteiger charge is -2.31. The number of carbonyl (C=O) groups is 1. The summed E-state index contributed by atoms with van der Waals surface area (Å²) in [7, 11) is 2.15. The number of anilines is 2. The van der Waals surface area contributed by atoms with Gasteiger partial charge in [0.05, 0.1) is 11.3 Å². The highest BCUT2D eigenvalue weighted by atomic mass is 79.9. The summed E-state index contributed by atoms with van der Waals surface area (Å²) in [5.74, 6) is -0.145. The van der Waals surface area contributed by atoms with E-state index in [-0.39, 0.29) is 30.7 Å². The van der Waals surface area contributed by atoms with Crippen LogP contribution in [0.1, 0.15) is 11.1 Å². The average molecular weight is 555 g/mol. The summed E-state index contributed by atoms with van der Waals surface area (Å²) < 4.78 is 0.915. The first-order chi connectivity index (χ1) is 15.1. The molecule has 3 heterocycles. The standard InChI is InChI=1S/C23H24BrN5O2.2ClH/c1-28-8-10-29(11-9-28)12-13-31-27-21-16-4-2-3-5-18(16)25-22(21)20-17-14-15(24)6-7-19(17)26-23(20)30;;/h2-7,14,25H,8-13H2,1H3,(H,26,30);2*1H/b22-20-,27-21+;;. The van der Waals surface area contributed by atoms with Gasteiger partial charge in [0.2, 0.25) is 0 Å². The number of rotatable bonds is 4. The van der Waals surface area contributed by atoms with Gasteiger partial charge in [-0.2, -0.15) is 0 Å². The number of likely N-dealkylation sites (N-methyl/N-ethyl adjacent to an activating group) is 1. The van der Waals surface area contributed by atoms with Crippen molar-refractivity contribution in [3.63, 3.8) is 0 Å². The van der Waals surface area contributed by atoms with Crippen LogP contribution in [-0.4, -0.2) is 67.8 Å². The monoisotopic (exact) mass is 553 g/mol. The van der Waals surface area contributed by atoms with E-state index in [2.05, 4.69) is 48.6 Å². The molecule has 7 nitrogen and oxygen atoms in total. The fraction of sp³-hybridized carbons (Fsp3) is 0.304. The predicted molar refractivity (Wildman–Crippen MR) is 141 cm³/mol. The highest BCUT2D eigenvalue weighted by Gasteiger charge is 2.34. The summed E-state index contributed by atoms with van der Waals surface area (Å²) in [6.45, 7) is 5.58. The Morgan fingerprint density at radius 2 is 1.73 bits per heavy atom. The van der Waals surface area contributed by atoms with Crippen LogP contribution in [0.25, 0.3) is 5.57 Å². The normalized spacial score (nSPS) is 20.9. The molecular weight excluding hydrogens is 529 g/mol. The van der Waals surface area contributed by atoms with Crippen molar-refractivity contribution in [2.75, 3.05) is 57.0 Å². The summed E-state index contributed by atoms with van der Waals surface area (Å²) >= 11 is 3.51. The molecule has 1 saturated heterocycles. The molecule has 0 aliphatic carbocycles. The van der Waals surface area contributed by atoms with Crippen LogP contribution in [-0.2, 0) is 9.63 Å². The topological polar surface area (TPSA) is 69.2 Å². The van der Waals surface area contributed by atoms with Gasteiger partial charge in [-0.15, -0.1) is 24.8 Å². The first kappa shape index (κ1) is 25.5. The van der Waals surface area contributed by atoms with E-state index >= 15 is 0 Å². The van der Waals surface area contributed by atoms with Gasteiger partial charge in [0.15, 0.2) is 0 Å². The molecule has 0 radical (unpaired) electrons. The van der Waals surface area contributed by atoms with Gasteiger partial charge in [-0.1, -0.05) is 39.3 Å². The largest absolute Gasteiger partial charge is 0.394 e. The maximum atomic E-state index is 12.9. The molecule has 2 aromatic carbocycles. The van der Waals surface area contributed by atoms with Crippen molar-refractivity contribution in [3.8, 4) is 0 Å². The molecule has 33 heavy (non-hydrogen) atoms. The Morgan fingerprint density at radius 1 is 1.00 bits per heavy atom. The highest BCUT2D eigenvalue weighted by Crippen LogP contribution is 2.40. The number of para-hydroxylation sites is 1. The number of nitrogens with zero attached hydrogens (tertiary/aromatic N) is 3. The van der Waals surface area contributed by atoms with Gasteiger partial charge in [-0.25, -0.2) is 0 Å². The van der Waals surface area contributed by atoms with E-state index in [4.69, 9.17) is 4.84 Å². The molecule has 176 valence electrons. The second-order valence-corrected chi connectivity index (χ2v) is 8.90. The van der Waals surface area contributed by atoms with Crippen molar-refractivity contribution < 1.29 is 9.63 Å². The van der Waals surface area contributed by atoms with E-state index in [1.807, 2.05) is 42.5 Å². The highest BCUT2D eigenvalue weighted by molar-refractivity contribution is 9.10. The van der Waals surface area contributed by atoms with Gasteiger partial charge in [0.1, 0.15) is 12.3 Å². The second-order valence-electron chi connectivity index (χ2n) is 7.98. The lowest BCUT2D eigenvalue weighted by Crippen LogP contribution is -2.45. The van der Waals surface area contributed by atoms with E-state index in [1.54, 1.807) is 0 Å². The molecule has 0 saturated carbocycles. The van der Waals surface area contributed by atoms with E-state index in [0.717, 1.165) is 59.7 Å². The quantitative estimate of drug-likeness (QED) is 0.339. The van der Waals surface area contributed by atoms with Crippen molar-refractivity contribution in [2.24, 2.45) is 5.16 Å². The summed E-state index contributed by atoms with van der Waals surface area (Å²) in [6, 6.07) is 13.7. The van der Waals surface area contributed by atoms with Gasteiger partial charge in [0, 0.05) is 59.7 Å². The van der Waals surface area contributed by atoms with Crippen molar-refractivity contribution in [2.45, 2.75) is 0 Å². The molecule has 10 heteroatoms. The van der Waals surface area contributed by atoms with Crippen LogP contribution in [0.15, 0.2) is 57.8 Å². The molecule has 5 rings (SSSR count). The molecular formula is C23H26BrCl2N5O2. The van der Waals surface area contributed by atoms with Crippen LogP contribution in [0, 0.1) is 0 Å². The lowest BCUT2D eigenvalue weighted by molar-refractivity contribution is -0.110. The fourth-order valence-corrected chi connectivity index (χ4v) is 4.50. The number of carbonyl (C=O) groups excluding carboxylic acids is 1. The second kappa shape index (κ2) is 10.9. The average Bonchev–Trinajstić information content (AvgIpc) is 3.28. The van der Waals surface area contributed by atoms with Crippen molar-refractivity contribution in [1.82, 2.24) is 9.80 Å². The molecule has 0 bridgehead atoms. The molecule has 0 atom stereocenters. The Balaban J connectivity index is 0.00000153. The number of allylic oxidation sites excluding steroid dienone is 1. The van der Waals surface area contributed by atoms with Crippen LogP contribution >= 0.6 is 40.7 Å². The minimum Gasteiger partial charge on any atom is -0.394 e. The molecule has 3 aliphatic rings. The summed E-state index contributed by atoms with van der Waals surface area (Å²) in [5, 5.41) is 10.8. The third-order valence-electron chi connectivity index (χ3n) is 5.91. The maximum absolute atomic E-state index is 12.9. The van der Waals surface area contributed by atoms with Gasteiger partial charge in [0.25, 0.3) is 5.91 Å². The number of hydrogen-bond acceptors (Lipinski definition) is 6. The minimum atomic E-state index is -0.145. The molecule has 2 aromatic rings. The molecule has 0 unspecified atom stereocenters. The maximum Gasteiger partial charge on any atom is 0.258 e. The molecule has 2 N–H and O–H groups in total. The third kappa shape index (κ3) is 5.20. The third-order valence-corrected chi connectivity index (χ3v) is 6.40. The number of halogens is 3. The fourth-order valence-electron chi connectivity index (χ4n) is 4.14. The molecule has 0 aromatic heterocycles. The van der Waals surface area contributed by atoms with Crippen molar-refractivity contribution >= 4 is 69.3 Å². The van der Waals surface area contributed by atoms with Crippen LogP contribution in [0.3, 0.4) is 0 Å². The first-order valence-electron chi connectivity index (χ1n) is 10.4. The number of fused-ring (bicyclic) bond motifs is 2. The molecule has 1 amide bonds. The van der Waals surface area contributed by atoms with E-state index < -0.39 is 0 Å². The number of amides is 1. The van der Waals surface area contributed by atoms with Crippen LogP contribution in [0.4, 0.5) is 11.4 Å². The van der Waals surface area contributed by atoms with Gasteiger partial charge in [-0.05, 0) is 31.3 Å². The minimum absolute atomic E-state index is 0. The molecule has 3 aliphatic heterocycles. The van der Waals surface area contributed by atoms with Gasteiger partial charge in [-0.3, -0.25) is 9.69 Å². The lowest BCUT2D eigenvalue weighted by atomic mass is 10.0. The zero-order valence-electron chi connectivity index (χ0n) is 18.1.